The second-order valence-corrected chi connectivity index (χ2v) is 5.03. The molecule has 1 heterocycles. The van der Waals surface area contributed by atoms with Gasteiger partial charge in [0.15, 0.2) is 0 Å². The SMILES string of the molecule is Cc1cccnc1C(=O)NC1CCCCC1CN. The van der Waals surface area contributed by atoms with Crippen LogP contribution in [0.25, 0.3) is 0 Å². The fourth-order valence-corrected chi connectivity index (χ4v) is 2.64. The van der Waals surface area contributed by atoms with Crippen molar-refractivity contribution in [1.29, 1.82) is 0 Å². The zero-order valence-corrected chi connectivity index (χ0v) is 10.9. The van der Waals surface area contributed by atoms with Crippen LogP contribution in [0.4, 0.5) is 0 Å². The number of hydrogen-bond donors (Lipinski definition) is 2. The molecule has 2 atom stereocenters. The standard InChI is InChI=1S/C14H21N3O/c1-10-5-4-8-16-13(10)14(18)17-12-7-3-2-6-11(12)9-15/h4-5,8,11-12H,2-3,6-7,9,15H2,1H3,(H,17,18). The maximum absolute atomic E-state index is 12.2. The third-order valence-electron chi connectivity index (χ3n) is 3.75. The molecule has 2 rings (SSSR count). The highest BCUT2D eigenvalue weighted by Crippen LogP contribution is 2.23. The Labute approximate surface area is 108 Å². The summed E-state index contributed by atoms with van der Waals surface area (Å²) in [5, 5.41) is 3.10. The summed E-state index contributed by atoms with van der Waals surface area (Å²) in [6.07, 6.45) is 6.19. The largest absolute Gasteiger partial charge is 0.348 e. The first-order valence-corrected chi connectivity index (χ1v) is 6.65. The van der Waals surface area contributed by atoms with Gasteiger partial charge in [0.1, 0.15) is 5.69 Å². The summed E-state index contributed by atoms with van der Waals surface area (Å²) < 4.78 is 0. The highest BCUT2D eigenvalue weighted by atomic mass is 16.1. The summed E-state index contributed by atoms with van der Waals surface area (Å²) in [6.45, 7) is 2.55. The van der Waals surface area contributed by atoms with E-state index in [1.54, 1.807) is 6.20 Å². The van der Waals surface area contributed by atoms with Gasteiger partial charge < -0.3 is 11.1 Å². The van der Waals surface area contributed by atoms with E-state index in [-0.39, 0.29) is 11.9 Å². The third-order valence-corrected chi connectivity index (χ3v) is 3.75. The lowest BCUT2D eigenvalue weighted by Gasteiger charge is -2.31. The van der Waals surface area contributed by atoms with Crippen LogP contribution in [-0.4, -0.2) is 23.5 Å². The predicted molar refractivity (Wildman–Crippen MR) is 71.2 cm³/mol. The van der Waals surface area contributed by atoms with Crippen LogP contribution in [0.1, 0.15) is 41.7 Å². The topological polar surface area (TPSA) is 68.0 Å². The molecule has 1 amide bonds. The molecule has 1 saturated carbocycles. The van der Waals surface area contributed by atoms with Crippen LogP contribution in [0, 0.1) is 12.8 Å². The molecule has 0 saturated heterocycles. The number of nitrogens with one attached hydrogen (secondary N) is 1. The van der Waals surface area contributed by atoms with Crippen LogP contribution in [-0.2, 0) is 0 Å². The molecule has 1 aliphatic rings. The van der Waals surface area contributed by atoms with E-state index in [0.717, 1.165) is 18.4 Å². The summed E-state index contributed by atoms with van der Waals surface area (Å²) in [6, 6.07) is 3.95. The molecule has 0 radical (unpaired) electrons. The average molecular weight is 247 g/mol. The summed E-state index contributed by atoms with van der Waals surface area (Å²) in [7, 11) is 0. The number of carbonyl (C=O) groups is 1. The molecule has 0 aliphatic heterocycles. The number of aryl methyl sites for hydroxylation is 1. The van der Waals surface area contributed by atoms with Crippen molar-refractivity contribution in [3.8, 4) is 0 Å². The Hall–Kier alpha value is -1.42. The highest BCUT2D eigenvalue weighted by Gasteiger charge is 2.26. The Bertz CT molecular complexity index is 419. The van der Waals surface area contributed by atoms with Crippen LogP contribution in [0.15, 0.2) is 18.3 Å². The number of nitrogens with two attached hydrogens (primary N) is 1. The first-order valence-electron chi connectivity index (χ1n) is 6.65. The maximum Gasteiger partial charge on any atom is 0.270 e. The first-order chi connectivity index (χ1) is 8.72. The molecule has 0 aromatic carbocycles. The van der Waals surface area contributed by atoms with Crippen molar-refractivity contribution in [2.75, 3.05) is 6.54 Å². The van der Waals surface area contributed by atoms with Gasteiger partial charge in [0.25, 0.3) is 5.91 Å². The van der Waals surface area contributed by atoms with E-state index in [1.807, 2.05) is 19.1 Å². The van der Waals surface area contributed by atoms with Crippen molar-refractivity contribution in [3.05, 3.63) is 29.6 Å². The van der Waals surface area contributed by atoms with Crippen molar-refractivity contribution >= 4 is 5.91 Å². The molecule has 18 heavy (non-hydrogen) atoms. The van der Waals surface area contributed by atoms with Gasteiger partial charge in [0, 0.05) is 12.2 Å². The molecule has 1 fully saturated rings. The predicted octanol–water partition coefficient (Wildman–Crippen LogP) is 1.64. The molecular weight excluding hydrogens is 226 g/mol. The zero-order chi connectivity index (χ0) is 13.0. The molecule has 1 aliphatic carbocycles. The molecule has 2 unspecified atom stereocenters. The lowest BCUT2D eigenvalue weighted by atomic mass is 9.84. The zero-order valence-electron chi connectivity index (χ0n) is 10.9. The Kier molecular flexibility index (Phi) is 4.31. The average Bonchev–Trinajstić information content (AvgIpc) is 2.39. The van der Waals surface area contributed by atoms with Crippen LogP contribution in [0.2, 0.25) is 0 Å². The number of pyridine rings is 1. The monoisotopic (exact) mass is 247 g/mol. The molecular formula is C14H21N3O. The smallest absolute Gasteiger partial charge is 0.270 e. The first kappa shape index (κ1) is 13.0. The summed E-state index contributed by atoms with van der Waals surface area (Å²) >= 11 is 0. The van der Waals surface area contributed by atoms with Gasteiger partial charge >= 0.3 is 0 Å². The van der Waals surface area contributed by atoms with Crippen LogP contribution in [0.3, 0.4) is 0 Å². The maximum atomic E-state index is 12.2. The molecule has 4 heteroatoms. The Morgan fingerprint density at radius 2 is 2.28 bits per heavy atom. The third kappa shape index (κ3) is 2.88. The van der Waals surface area contributed by atoms with E-state index in [9.17, 15) is 4.79 Å². The summed E-state index contributed by atoms with van der Waals surface area (Å²) in [5.41, 5.74) is 7.21. The van der Waals surface area contributed by atoms with Crippen molar-refractivity contribution in [2.45, 2.75) is 38.6 Å². The lowest BCUT2D eigenvalue weighted by Crippen LogP contribution is -2.45. The van der Waals surface area contributed by atoms with Gasteiger partial charge in [-0.05, 0) is 43.9 Å². The van der Waals surface area contributed by atoms with E-state index < -0.39 is 0 Å². The molecule has 1 aromatic heterocycles. The van der Waals surface area contributed by atoms with E-state index in [4.69, 9.17) is 5.73 Å². The Morgan fingerprint density at radius 1 is 1.50 bits per heavy atom. The van der Waals surface area contributed by atoms with Crippen molar-refractivity contribution in [3.63, 3.8) is 0 Å². The van der Waals surface area contributed by atoms with Gasteiger partial charge in [-0.1, -0.05) is 18.9 Å². The fraction of sp³-hybridized carbons (Fsp3) is 0.571. The molecule has 4 nitrogen and oxygen atoms in total. The molecule has 98 valence electrons. The number of aromatic nitrogens is 1. The Balaban J connectivity index is 2.04. The van der Waals surface area contributed by atoms with Gasteiger partial charge in [-0.2, -0.15) is 0 Å². The van der Waals surface area contributed by atoms with Gasteiger partial charge in [0.05, 0.1) is 0 Å². The molecule has 3 N–H and O–H groups in total. The summed E-state index contributed by atoms with van der Waals surface area (Å²) in [4.78, 5) is 16.3. The molecule has 1 aromatic rings. The number of hydrogen-bond acceptors (Lipinski definition) is 3. The number of carbonyl (C=O) groups excluding carboxylic acids is 1. The Morgan fingerprint density at radius 3 is 3.00 bits per heavy atom. The van der Waals surface area contributed by atoms with Crippen molar-refractivity contribution in [2.24, 2.45) is 11.7 Å². The van der Waals surface area contributed by atoms with E-state index in [2.05, 4.69) is 10.3 Å². The van der Waals surface area contributed by atoms with Crippen molar-refractivity contribution in [1.82, 2.24) is 10.3 Å². The minimum absolute atomic E-state index is 0.0709. The van der Waals surface area contributed by atoms with Crippen molar-refractivity contribution < 1.29 is 4.79 Å². The van der Waals surface area contributed by atoms with Gasteiger partial charge in [-0.15, -0.1) is 0 Å². The minimum Gasteiger partial charge on any atom is -0.348 e. The molecule has 0 bridgehead atoms. The quantitative estimate of drug-likeness (QED) is 0.853. The number of nitrogens with zero attached hydrogens (tertiary/aromatic N) is 1. The fourth-order valence-electron chi connectivity index (χ4n) is 2.64. The highest BCUT2D eigenvalue weighted by molar-refractivity contribution is 5.93. The normalized spacial score (nSPS) is 23.7. The van der Waals surface area contributed by atoms with Crippen LogP contribution >= 0.6 is 0 Å². The second-order valence-electron chi connectivity index (χ2n) is 5.03. The lowest BCUT2D eigenvalue weighted by molar-refractivity contribution is 0.0902. The van der Waals surface area contributed by atoms with Gasteiger partial charge in [-0.25, -0.2) is 0 Å². The van der Waals surface area contributed by atoms with Gasteiger partial charge in [-0.3, -0.25) is 9.78 Å². The molecule has 0 spiro atoms. The van der Waals surface area contributed by atoms with E-state index in [1.165, 1.54) is 12.8 Å². The number of rotatable bonds is 3. The van der Waals surface area contributed by atoms with Crippen LogP contribution in [0.5, 0.6) is 0 Å². The number of amides is 1. The second kappa shape index (κ2) is 5.96. The van der Waals surface area contributed by atoms with Gasteiger partial charge in [0.2, 0.25) is 0 Å². The van der Waals surface area contributed by atoms with E-state index >= 15 is 0 Å². The van der Waals surface area contributed by atoms with Crippen LogP contribution < -0.4 is 11.1 Å². The summed E-state index contributed by atoms with van der Waals surface area (Å²) in [5.74, 6) is 0.338. The minimum atomic E-state index is -0.0709. The van der Waals surface area contributed by atoms with E-state index in [0.29, 0.717) is 18.2 Å².